The molecule has 0 aliphatic carbocycles. The predicted molar refractivity (Wildman–Crippen MR) is 108 cm³/mol. The average Bonchev–Trinajstić information content (AvgIpc) is 3.13. The monoisotopic (exact) mass is 412 g/mol. The molecule has 8 heteroatoms. The highest BCUT2D eigenvalue weighted by Gasteiger charge is 2.32. The van der Waals surface area contributed by atoms with Crippen molar-refractivity contribution in [2.45, 2.75) is 11.3 Å². The summed E-state index contributed by atoms with van der Waals surface area (Å²) in [6, 6.07) is 13.8. The number of nitrogens with zero attached hydrogens (tertiary/aromatic N) is 1. The number of sulfonamides is 1. The first kappa shape index (κ1) is 21.5. The molecule has 2 aromatic rings. The lowest BCUT2D eigenvalue weighted by atomic mass is 10.1. The van der Waals surface area contributed by atoms with Crippen molar-refractivity contribution in [2.24, 2.45) is 5.92 Å². The zero-order valence-electron chi connectivity index (χ0n) is 15.4. The molecule has 0 bridgehead atoms. The maximum atomic E-state index is 12.8. The van der Waals surface area contributed by atoms with Crippen LogP contribution in [0.25, 0.3) is 0 Å². The third kappa shape index (κ3) is 5.13. The summed E-state index contributed by atoms with van der Waals surface area (Å²) in [6.07, 6.45) is 0.888. The molecular weight excluding hydrogens is 388 g/mol. The molecule has 2 aromatic carbocycles. The van der Waals surface area contributed by atoms with Crippen LogP contribution in [0.3, 0.4) is 0 Å². The van der Waals surface area contributed by atoms with Crippen molar-refractivity contribution in [2.75, 3.05) is 33.8 Å². The number of hydrogen-bond donors (Lipinski definition) is 1. The molecule has 27 heavy (non-hydrogen) atoms. The van der Waals surface area contributed by atoms with Gasteiger partial charge in [-0.2, -0.15) is 4.31 Å². The number of benzene rings is 2. The Morgan fingerprint density at radius 3 is 2.15 bits per heavy atom. The van der Waals surface area contributed by atoms with E-state index in [0.717, 1.165) is 18.7 Å². The van der Waals surface area contributed by atoms with E-state index in [2.05, 4.69) is 5.32 Å². The molecule has 1 atom stereocenters. The first-order chi connectivity index (χ1) is 12.5. The molecule has 0 saturated carbocycles. The third-order valence-corrected chi connectivity index (χ3v) is 6.38. The molecule has 1 aliphatic heterocycles. The van der Waals surface area contributed by atoms with Crippen molar-refractivity contribution >= 4 is 22.4 Å². The maximum Gasteiger partial charge on any atom is 0.243 e. The Morgan fingerprint density at radius 2 is 1.59 bits per heavy atom. The van der Waals surface area contributed by atoms with Gasteiger partial charge in [0, 0.05) is 13.1 Å². The van der Waals surface area contributed by atoms with Crippen LogP contribution in [0.4, 0.5) is 0 Å². The highest BCUT2D eigenvalue weighted by molar-refractivity contribution is 7.89. The summed E-state index contributed by atoms with van der Waals surface area (Å²) in [6.45, 7) is 1.96. The van der Waals surface area contributed by atoms with Crippen LogP contribution < -0.4 is 14.8 Å². The van der Waals surface area contributed by atoms with Gasteiger partial charge in [-0.1, -0.05) is 0 Å². The highest BCUT2D eigenvalue weighted by atomic mass is 35.5. The molecule has 1 unspecified atom stereocenters. The Bertz CT molecular complexity index is 826. The molecule has 6 nitrogen and oxygen atoms in total. The Kier molecular flexibility index (Phi) is 7.49. The number of halogens is 1. The van der Waals surface area contributed by atoms with Gasteiger partial charge in [-0.05, 0) is 74.5 Å². The van der Waals surface area contributed by atoms with E-state index in [-0.39, 0.29) is 12.4 Å². The van der Waals surface area contributed by atoms with Crippen molar-refractivity contribution in [1.29, 1.82) is 0 Å². The van der Waals surface area contributed by atoms with Gasteiger partial charge in [0.05, 0.1) is 12.0 Å². The number of rotatable bonds is 7. The van der Waals surface area contributed by atoms with Crippen LogP contribution in [0.5, 0.6) is 17.2 Å². The molecule has 148 valence electrons. The van der Waals surface area contributed by atoms with E-state index in [1.807, 2.05) is 19.2 Å². The molecule has 0 amide bonds. The van der Waals surface area contributed by atoms with Gasteiger partial charge in [-0.15, -0.1) is 12.4 Å². The van der Waals surface area contributed by atoms with Crippen molar-refractivity contribution < 1.29 is 17.9 Å². The smallest absolute Gasteiger partial charge is 0.243 e. The summed E-state index contributed by atoms with van der Waals surface area (Å²) in [7, 11) is 0.0400. The maximum absolute atomic E-state index is 12.8. The van der Waals surface area contributed by atoms with Crippen molar-refractivity contribution in [1.82, 2.24) is 9.62 Å². The molecule has 0 spiro atoms. The van der Waals surface area contributed by atoms with Crippen LogP contribution in [0.15, 0.2) is 53.4 Å². The molecule has 0 radical (unpaired) electrons. The zero-order chi connectivity index (χ0) is 18.6. The van der Waals surface area contributed by atoms with Crippen LogP contribution >= 0.6 is 12.4 Å². The minimum atomic E-state index is -3.46. The molecule has 1 aliphatic rings. The van der Waals surface area contributed by atoms with E-state index in [0.29, 0.717) is 35.4 Å². The molecule has 1 saturated heterocycles. The number of methoxy groups -OCH3 is 1. The first-order valence-electron chi connectivity index (χ1n) is 8.59. The topological polar surface area (TPSA) is 67.9 Å². The van der Waals surface area contributed by atoms with Crippen molar-refractivity contribution in [3.8, 4) is 17.2 Å². The summed E-state index contributed by atoms with van der Waals surface area (Å²) in [5.74, 6) is 2.37. The normalized spacial score (nSPS) is 17.3. The van der Waals surface area contributed by atoms with Crippen LogP contribution in [0.1, 0.15) is 6.42 Å². The summed E-state index contributed by atoms with van der Waals surface area (Å²) in [5.41, 5.74) is 0. The minimum Gasteiger partial charge on any atom is -0.497 e. The lowest BCUT2D eigenvalue weighted by Gasteiger charge is -2.17. The van der Waals surface area contributed by atoms with Crippen molar-refractivity contribution in [3.63, 3.8) is 0 Å². The van der Waals surface area contributed by atoms with E-state index in [4.69, 9.17) is 9.47 Å². The van der Waals surface area contributed by atoms with Crippen LogP contribution in [-0.2, 0) is 10.0 Å². The SMILES string of the molecule is CNCC1CCN(S(=O)(=O)c2ccc(Oc3ccc(OC)cc3)cc2)C1.Cl. The fraction of sp³-hybridized carbons (Fsp3) is 0.368. The van der Waals surface area contributed by atoms with Crippen LogP contribution in [0.2, 0.25) is 0 Å². The Hall–Kier alpha value is -1.80. The number of ether oxygens (including phenoxy) is 2. The average molecular weight is 413 g/mol. The molecular formula is C19H25ClN2O4S. The van der Waals surface area contributed by atoms with Gasteiger partial charge in [-0.25, -0.2) is 8.42 Å². The Balaban J connectivity index is 0.00000261. The van der Waals surface area contributed by atoms with E-state index < -0.39 is 10.0 Å². The fourth-order valence-electron chi connectivity index (χ4n) is 3.08. The predicted octanol–water partition coefficient (Wildman–Crippen LogP) is 3.14. The Labute approximate surface area is 166 Å². The standard InChI is InChI=1S/C19H24N2O4S.ClH/c1-20-13-15-11-12-21(14-15)26(22,23)19-9-7-18(8-10-19)25-17-5-3-16(24-2)4-6-17;/h3-10,15,20H,11-14H2,1-2H3;1H. The van der Waals surface area contributed by atoms with Crippen LogP contribution in [-0.4, -0.2) is 46.5 Å². The lowest BCUT2D eigenvalue weighted by molar-refractivity contribution is 0.413. The second-order valence-electron chi connectivity index (χ2n) is 6.32. The quantitative estimate of drug-likeness (QED) is 0.756. The third-order valence-electron chi connectivity index (χ3n) is 4.50. The highest BCUT2D eigenvalue weighted by Crippen LogP contribution is 2.28. The number of hydrogen-bond acceptors (Lipinski definition) is 5. The van der Waals surface area contributed by atoms with Gasteiger partial charge in [0.15, 0.2) is 0 Å². The fourth-order valence-corrected chi connectivity index (χ4v) is 4.61. The Morgan fingerprint density at radius 1 is 1.04 bits per heavy atom. The second-order valence-corrected chi connectivity index (χ2v) is 8.26. The molecule has 3 rings (SSSR count). The van der Waals surface area contributed by atoms with Gasteiger partial charge < -0.3 is 14.8 Å². The summed E-state index contributed by atoms with van der Waals surface area (Å²) < 4.78 is 38.0. The van der Waals surface area contributed by atoms with Gasteiger partial charge >= 0.3 is 0 Å². The van der Waals surface area contributed by atoms with E-state index in [1.54, 1.807) is 47.8 Å². The van der Waals surface area contributed by atoms with E-state index in [1.165, 1.54) is 0 Å². The molecule has 1 heterocycles. The largest absolute Gasteiger partial charge is 0.497 e. The van der Waals surface area contributed by atoms with E-state index >= 15 is 0 Å². The van der Waals surface area contributed by atoms with Gasteiger partial charge in [0.25, 0.3) is 0 Å². The minimum absolute atomic E-state index is 0. The molecule has 1 N–H and O–H groups in total. The first-order valence-corrected chi connectivity index (χ1v) is 10.0. The second kappa shape index (κ2) is 9.41. The summed E-state index contributed by atoms with van der Waals surface area (Å²) in [5, 5.41) is 3.11. The zero-order valence-corrected chi connectivity index (χ0v) is 17.1. The lowest BCUT2D eigenvalue weighted by Crippen LogP contribution is -2.30. The molecule has 1 fully saturated rings. The number of nitrogens with one attached hydrogen (secondary N) is 1. The van der Waals surface area contributed by atoms with Gasteiger partial charge in [0.1, 0.15) is 17.2 Å². The van der Waals surface area contributed by atoms with Crippen LogP contribution in [0, 0.1) is 5.92 Å². The van der Waals surface area contributed by atoms with E-state index in [9.17, 15) is 8.42 Å². The van der Waals surface area contributed by atoms with Gasteiger partial charge in [-0.3, -0.25) is 0 Å². The summed E-state index contributed by atoms with van der Waals surface area (Å²) >= 11 is 0. The molecule has 0 aromatic heterocycles. The summed E-state index contributed by atoms with van der Waals surface area (Å²) in [4.78, 5) is 0.296. The van der Waals surface area contributed by atoms with Gasteiger partial charge in [0.2, 0.25) is 10.0 Å². The van der Waals surface area contributed by atoms with Crippen molar-refractivity contribution in [3.05, 3.63) is 48.5 Å².